The molecule has 6 nitrogen and oxygen atoms in total. The van der Waals surface area contributed by atoms with Crippen molar-refractivity contribution in [1.82, 2.24) is 0 Å². The second-order valence-electron chi connectivity index (χ2n) is 5.70. The standard InChI is InChI=1S/C12H20O3Si.C9H20O3Si/c1-4-13-16(14-5-2,15-6-3)12-10-8-7-9-11-12;1-5-9-13(10-6-2,11-7-3)12-8-4/h7-11H,4-6H2,1-3H3;5H,1,6-9H2,2-4H3. The Morgan fingerprint density at radius 1 is 0.655 bits per heavy atom. The van der Waals surface area contributed by atoms with Crippen molar-refractivity contribution in [3.63, 3.8) is 0 Å². The van der Waals surface area contributed by atoms with E-state index < -0.39 is 17.6 Å². The topological polar surface area (TPSA) is 55.4 Å². The molecule has 0 aliphatic carbocycles. The third-order valence-electron chi connectivity index (χ3n) is 3.62. The van der Waals surface area contributed by atoms with Crippen LogP contribution in [0.4, 0.5) is 0 Å². The van der Waals surface area contributed by atoms with Crippen LogP contribution in [0, 0.1) is 0 Å². The lowest BCUT2D eigenvalue weighted by Crippen LogP contribution is -2.56. The van der Waals surface area contributed by atoms with E-state index in [1.165, 1.54) is 0 Å². The Labute approximate surface area is 179 Å². The molecular weight excluding hydrogens is 404 g/mol. The average molecular weight is 445 g/mol. The third-order valence-corrected chi connectivity index (χ3v) is 9.64. The molecule has 1 aromatic rings. The van der Waals surface area contributed by atoms with Crippen LogP contribution in [0.2, 0.25) is 6.04 Å². The predicted molar refractivity (Wildman–Crippen MR) is 122 cm³/mol. The lowest BCUT2D eigenvalue weighted by molar-refractivity contribution is 0.0742. The zero-order valence-corrected chi connectivity index (χ0v) is 21.1. The minimum absolute atomic E-state index is 0.598. The van der Waals surface area contributed by atoms with Gasteiger partial charge in [-0.2, -0.15) is 0 Å². The molecule has 0 aromatic heterocycles. The summed E-state index contributed by atoms with van der Waals surface area (Å²) in [7, 11) is -5.09. The SMILES string of the molecule is C=CC[Si](OCC)(OCC)OCC.CCO[Si](OCC)(OCC)c1ccccc1. The van der Waals surface area contributed by atoms with Gasteiger partial charge in [0.1, 0.15) is 0 Å². The van der Waals surface area contributed by atoms with Crippen LogP contribution >= 0.6 is 0 Å². The summed E-state index contributed by atoms with van der Waals surface area (Å²) in [6.45, 7) is 19.1. The van der Waals surface area contributed by atoms with Crippen LogP contribution < -0.4 is 5.19 Å². The van der Waals surface area contributed by atoms with E-state index in [4.69, 9.17) is 26.6 Å². The Balaban J connectivity index is 0.000000555. The molecule has 0 saturated carbocycles. The van der Waals surface area contributed by atoms with Gasteiger partial charge < -0.3 is 26.6 Å². The molecule has 0 unspecified atom stereocenters. The number of allylic oxidation sites excluding steroid dienone is 1. The normalized spacial score (nSPS) is 11.7. The van der Waals surface area contributed by atoms with Gasteiger partial charge in [-0.25, -0.2) is 0 Å². The molecule has 29 heavy (non-hydrogen) atoms. The van der Waals surface area contributed by atoms with Crippen LogP contribution in [0.5, 0.6) is 0 Å². The fraction of sp³-hybridized carbons (Fsp3) is 0.619. The lowest BCUT2D eigenvalue weighted by Gasteiger charge is -2.28. The van der Waals surface area contributed by atoms with E-state index >= 15 is 0 Å². The maximum absolute atomic E-state index is 5.79. The summed E-state index contributed by atoms with van der Waals surface area (Å²) in [6.07, 6.45) is 1.80. The maximum atomic E-state index is 5.79. The number of benzene rings is 1. The smallest absolute Gasteiger partial charge is 0.374 e. The van der Waals surface area contributed by atoms with Crippen LogP contribution in [-0.2, 0) is 26.6 Å². The highest BCUT2D eigenvalue weighted by Gasteiger charge is 2.42. The molecule has 0 N–H and O–H groups in total. The molecule has 0 fully saturated rings. The first-order valence-electron chi connectivity index (χ1n) is 10.5. The second-order valence-corrected chi connectivity index (χ2v) is 10.9. The first-order valence-corrected chi connectivity index (χ1v) is 14.2. The fourth-order valence-electron chi connectivity index (χ4n) is 2.73. The summed E-state index contributed by atoms with van der Waals surface area (Å²) in [5, 5.41) is 1.03. The minimum Gasteiger partial charge on any atom is -0.374 e. The summed E-state index contributed by atoms with van der Waals surface area (Å²) in [5.41, 5.74) is 0. The monoisotopic (exact) mass is 444 g/mol. The van der Waals surface area contributed by atoms with Gasteiger partial charge in [-0.3, -0.25) is 0 Å². The van der Waals surface area contributed by atoms with Crippen molar-refractivity contribution in [2.45, 2.75) is 47.6 Å². The van der Waals surface area contributed by atoms with Crippen molar-refractivity contribution in [2.75, 3.05) is 39.6 Å². The van der Waals surface area contributed by atoms with Gasteiger partial charge in [-0.05, 0) is 41.5 Å². The van der Waals surface area contributed by atoms with Gasteiger partial charge in [0.15, 0.2) is 0 Å². The Morgan fingerprint density at radius 3 is 1.34 bits per heavy atom. The van der Waals surface area contributed by atoms with Crippen LogP contribution in [0.3, 0.4) is 0 Å². The molecule has 0 atom stereocenters. The molecule has 0 heterocycles. The Hall–Kier alpha value is -0.846. The molecule has 0 bridgehead atoms. The summed E-state index contributed by atoms with van der Waals surface area (Å²) in [4.78, 5) is 0. The number of hydrogen-bond donors (Lipinski definition) is 0. The van der Waals surface area contributed by atoms with E-state index in [9.17, 15) is 0 Å². The molecule has 8 heteroatoms. The van der Waals surface area contributed by atoms with E-state index in [0.717, 1.165) is 5.19 Å². The van der Waals surface area contributed by atoms with Crippen LogP contribution in [0.25, 0.3) is 0 Å². The summed E-state index contributed by atoms with van der Waals surface area (Å²) < 4.78 is 34.1. The number of rotatable bonds is 15. The summed E-state index contributed by atoms with van der Waals surface area (Å²) in [5.74, 6) is 0. The van der Waals surface area contributed by atoms with E-state index in [0.29, 0.717) is 45.7 Å². The average Bonchev–Trinajstić information content (AvgIpc) is 2.70. The highest BCUT2D eigenvalue weighted by Crippen LogP contribution is 2.16. The van der Waals surface area contributed by atoms with Crippen molar-refractivity contribution >= 4 is 22.8 Å². The van der Waals surface area contributed by atoms with Crippen molar-refractivity contribution in [1.29, 1.82) is 0 Å². The molecule has 1 aromatic carbocycles. The molecule has 0 amide bonds. The summed E-state index contributed by atoms with van der Waals surface area (Å²) in [6, 6.07) is 10.6. The Kier molecular flexibility index (Phi) is 16.4. The van der Waals surface area contributed by atoms with E-state index in [-0.39, 0.29) is 0 Å². The highest BCUT2D eigenvalue weighted by atomic mass is 28.4. The molecule has 0 spiro atoms. The summed E-state index contributed by atoms with van der Waals surface area (Å²) >= 11 is 0. The van der Waals surface area contributed by atoms with Gasteiger partial charge in [-0.1, -0.05) is 36.4 Å². The second kappa shape index (κ2) is 16.9. The van der Waals surface area contributed by atoms with Crippen LogP contribution in [0.1, 0.15) is 41.5 Å². The highest BCUT2D eigenvalue weighted by molar-refractivity contribution is 6.75. The largest absolute Gasteiger partial charge is 0.537 e. The maximum Gasteiger partial charge on any atom is 0.537 e. The van der Waals surface area contributed by atoms with Crippen LogP contribution in [0.15, 0.2) is 43.0 Å². The van der Waals surface area contributed by atoms with Gasteiger partial charge in [0.25, 0.3) is 0 Å². The molecule has 0 saturated heterocycles. The third kappa shape index (κ3) is 10.1. The van der Waals surface area contributed by atoms with Crippen LogP contribution in [-0.4, -0.2) is 57.3 Å². The molecule has 0 aliphatic heterocycles. The molecule has 1 rings (SSSR count). The Bertz CT molecular complexity index is 481. The van der Waals surface area contributed by atoms with E-state index in [2.05, 4.69) is 6.58 Å². The van der Waals surface area contributed by atoms with Crippen molar-refractivity contribution in [3.05, 3.63) is 43.0 Å². The van der Waals surface area contributed by atoms with Gasteiger partial charge in [0.05, 0.1) is 0 Å². The minimum atomic E-state index is -2.67. The van der Waals surface area contributed by atoms with Crippen molar-refractivity contribution in [3.8, 4) is 0 Å². The Morgan fingerprint density at radius 2 is 1.03 bits per heavy atom. The fourth-order valence-corrected chi connectivity index (χ4v) is 7.49. The molecule has 0 aliphatic rings. The molecule has 168 valence electrons. The zero-order chi connectivity index (χ0) is 22.0. The van der Waals surface area contributed by atoms with Gasteiger partial charge in [0.2, 0.25) is 0 Å². The first kappa shape index (κ1) is 28.2. The van der Waals surface area contributed by atoms with Gasteiger partial charge in [-0.15, -0.1) is 6.58 Å². The lowest BCUT2D eigenvalue weighted by atomic mass is 10.4. The predicted octanol–water partition coefficient (Wildman–Crippen LogP) is 4.16. The molecular formula is C21H40O6Si2. The quantitative estimate of drug-likeness (QED) is 0.299. The van der Waals surface area contributed by atoms with Crippen molar-refractivity contribution in [2.24, 2.45) is 0 Å². The zero-order valence-electron chi connectivity index (χ0n) is 19.1. The van der Waals surface area contributed by atoms with E-state index in [1.54, 1.807) is 6.08 Å². The van der Waals surface area contributed by atoms with Crippen molar-refractivity contribution < 1.29 is 26.6 Å². The molecule has 0 radical (unpaired) electrons. The number of hydrogen-bond acceptors (Lipinski definition) is 6. The van der Waals surface area contributed by atoms with E-state index in [1.807, 2.05) is 71.9 Å². The first-order chi connectivity index (χ1) is 14.0. The van der Waals surface area contributed by atoms with Gasteiger partial charge >= 0.3 is 17.6 Å². The van der Waals surface area contributed by atoms with Gasteiger partial charge in [0, 0.05) is 50.9 Å².